The number of amides is 2. The highest BCUT2D eigenvalue weighted by Gasteiger charge is 2.20. The van der Waals surface area contributed by atoms with Crippen LogP contribution in [0.2, 0.25) is 0 Å². The highest BCUT2D eigenvalue weighted by Crippen LogP contribution is 2.37. The molecule has 0 saturated heterocycles. The predicted octanol–water partition coefficient (Wildman–Crippen LogP) is 3.18. The maximum atomic E-state index is 12.9. The smallest absolute Gasteiger partial charge is 0.255 e. The second kappa shape index (κ2) is 9.13. The second-order valence-electron chi connectivity index (χ2n) is 6.72. The summed E-state index contributed by atoms with van der Waals surface area (Å²) in [4.78, 5) is 25.5. The summed E-state index contributed by atoms with van der Waals surface area (Å²) in [6.07, 6.45) is 3.54. The van der Waals surface area contributed by atoms with Crippen molar-refractivity contribution in [2.24, 2.45) is 7.05 Å². The largest absolute Gasteiger partial charge is 0.493 e. The lowest BCUT2D eigenvalue weighted by Gasteiger charge is -2.17. The fourth-order valence-electron chi connectivity index (χ4n) is 3.00. The van der Waals surface area contributed by atoms with Crippen molar-refractivity contribution >= 4 is 17.5 Å². The normalized spacial score (nSPS) is 11.5. The van der Waals surface area contributed by atoms with Crippen molar-refractivity contribution in [3.05, 3.63) is 71.5 Å². The standard InChI is InChI=1S/C22H24N4O4/c1-14(17-12-23-26(2)13-17)24-22(28)16-10-18(20(30-4)19(11-16)29-3)25-21(27)15-8-6-5-7-9-15/h5-14H,1-4H3,(H,24,28)(H,25,27). The molecule has 0 spiro atoms. The van der Waals surface area contributed by atoms with Gasteiger partial charge in [0.15, 0.2) is 11.5 Å². The van der Waals surface area contributed by atoms with Crippen LogP contribution >= 0.6 is 0 Å². The van der Waals surface area contributed by atoms with E-state index in [1.165, 1.54) is 14.2 Å². The van der Waals surface area contributed by atoms with Crippen molar-refractivity contribution in [2.45, 2.75) is 13.0 Å². The van der Waals surface area contributed by atoms with Crippen LogP contribution in [-0.4, -0.2) is 35.8 Å². The molecule has 1 heterocycles. The average Bonchev–Trinajstić information content (AvgIpc) is 3.20. The Balaban J connectivity index is 1.88. The predicted molar refractivity (Wildman–Crippen MR) is 113 cm³/mol. The molecule has 2 aromatic carbocycles. The van der Waals surface area contributed by atoms with Crippen LogP contribution < -0.4 is 20.1 Å². The number of hydrogen-bond acceptors (Lipinski definition) is 5. The van der Waals surface area contributed by atoms with Gasteiger partial charge < -0.3 is 20.1 Å². The van der Waals surface area contributed by atoms with Crippen LogP contribution in [0, 0.1) is 0 Å². The van der Waals surface area contributed by atoms with Crippen molar-refractivity contribution in [1.29, 1.82) is 0 Å². The third-order valence-corrected chi connectivity index (χ3v) is 4.60. The molecule has 0 radical (unpaired) electrons. The van der Waals surface area contributed by atoms with Gasteiger partial charge in [0.05, 0.1) is 32.1 Å². The molecule has 3 rings (SSSR count). The van der Waals surface area contributed by atoms with Crippen molar-refractivity contribution < 1.29 is 19.1 Å². The molecule has 8 nitrogen and oxygen atoms in total. The number of anilines is 1. The number of nitrogens with zero attached hydrogens (tertiary/aromatic N) is 2. The summed E-state index contributed by atoms with van der Waals surface area (Å²) in [7, 11) is 4.76. The lowest BCUT2D eigenvalue weighted by Crippen LogP contribution is -2.26. The first-order valence-electron chi connectivity index (χ1n) is 9.34. The summed E-state index contributed by atoms with van der Waals surface area (Å²) in [5, 5.41) is 9.85. The minimum Gasteiger partial charge on any atom is -0.493 e. The molecule has 1 unspecified atom stereocenters. The van der Waals surface area contributed by atoms with Gasteiger partial charge in [0.2, 0.25) is 0 Å². The first-order valence-corrected chi connectivity index (χ1v) is 9.34. The molecule has 0 aliphatic carbocycles. The van der Waals surface area contributed by atoms with E-state index in [4.69, 9.17) is 9.47 Å². The number of hydrogen-bond donors (Lipinski definition) is 2. The Hall–Kier alpha value is -3.81. The minimum absolute atomic E-state index is 0.248. The van der Waals surface area contributed by atoms with Gasteiger partial charge in [-0.1, -0.05) is 18.2 Å². The highest BCUT2D eigenvalue weighted by molar-refractivity contribution is 6.06. The summed E-state index contributed by atoms with van der Waals surface area (Å²) in [6.45, 7) is 1.87. The lowest BCUT2D eigenvalue weighted by molar-refractivity contribution is 0.0938. The third-order valence-electron chi connectivity index (χ3n) is 4.60. The molecule has 0 saturated carbocycles. The van der Waals surface area contributed by atoms with E-state index in [1.54, 1.807) is 47.3 Å². The Morgan fingerprint density at radius 3 is 2.37 bits per heavy atom. The number of rotatable bonds is 7. The summed E-state index contributed by atoms with van der Waals surface area (Å²) in [5.41, 5.74) is 2.03. The fraction of sp³-hybridized carbons (Fsp3) is 0.227. The van der Waals surface area contributed by atoms with E-state index in [2.05, 4.69) is 15.7 Å². The van der Waals surface area contributed by atoms with Crippen molar-refractivity contribution in [2.75, 3.05) is 19.5 Å². The summed E-state index contributed by atoms with van der Waals surface area (Å²) in [6, 6.07) is 11.7. The number of carbonyl (C=O) groups is 2. The molecule has 156 valence electrons. The Labute approximate surface area is 174 Å². The van der Waals surface area contributed by atoms with Crippen LogP contribution in [0.1, 0.15) is 39.2 Å². The van der Waals surface area contributed by atoms with Crippen molar-refractivity contribution in [1.82, 2.24) is 15.1 Å². The summed E-state index contributed by atoms with van der Waals surface area (Å²) >= 11 is 0. The molecule has 0 bridgehead atoms. The van der Waals surface area contributed by atoms with E-state index >= 15 is 0 Å². The SMILES string of the molecule is COc1cc(C(=O)NC(C)c2cnn(C)c2)cc(NC(=O)c2ccccc2)c1OC. The average molecular weight is 408 g/mol. The molecule has 0 fully saturated rings. The number of ether oxygens (including phenoxy) is 2. The zero-order valence-electron chi connectivity index (χ0n) is 17.3. The fourth-order valence-corrected chi connectivity index (χ4v) is 3.00. The highest BCUT2D eigenvalue weighted by atomic mass is 16.5. The summed E-state index contributed by atoms with van der Waals surface area (Å²) in [5.74, 6) is 0.0286. The van der Waals surface area contributed by atoms with Crippen LogP contribution in [0.15, 0.2) is 54.9 Å². The van der Waals surface area contributed by atoms with Crippen LogP contribution in [-0.2, 0) is 7.05 Å². The van der Waals surface area contributed by atoms with E-state index in [0.717, 1.165) is 5.56 Å². The molecule has 1 aromatic heterocycles. The molecule has 2 N–H and O–H groups in total. The van der Waals surface area contributed by atoms with Gasteiger partial charge >= 0.3 is 0 Å². The summed E-state index contributed by atoms with van der Waals surface area (Å²) < 4.78 is 12.5. The van der Waals surface area contributed by atoms with Crippen LogP contribution in [0.5, 0.6) is 11.5 Å². The molecule has 0 aliphatic rings. The van der Waals surface area contributed by atoms with Crippen LogP contribution in [0.4, 0.5) is 5.69 Å². The van der Waals surface area contributed by atoms with Gasteiger partial charge in [-0.2, -0.15) is 5.10 Å². The maximum Gasteiger partial charge on any atom is 0.255 e. The molecule has 1 atom stereocenters. The number of methoxy groups -OCH3 is 2. The van der Waals surface area contributed by atoms with Crippen LogP contribution in [0.25, 0.3) is 0 Å². The van der Waals surface area contributed by atoms with Gasteiger partial charge in [0.1, 0.15) is 0 Å². The number of carbonyl (C=O) groups excluding carboxylic acids is 2. The third kappa shape index (κ3) is 4.60. The monoisotopic (exact) mass is 408 g/mol. The molecular weight excluding hydrogens is 384 g/mol. The van der Waals surface area contributed by atoms with E-state index in [0.29, 0.717) is 28.3 Å². The molecule has 8 heteroatoms. The number of aromatic nitrogens is 2. The van der Waals surface area contributed by atoms with Gasteiger partial charge in [-0.15, -0.1) is 0 Å². The molecule has 3 aromatic rings. The Kier molecular flexibility index (Phi) is 6.36. The van der Waals surface area contributed by atoms with E-state index in [9.17, 15) is 9.59 Å². The van der Waals surface area contributed by atoms with Gasteiger partial charge in [0, 0.05) is 29.9 Å². The maximum absolute atomic E-state index is 12.9. The first-order chi connectivity index (χ1) is 14.4. The number of benzene rings is 2. The number of nitrogens with one attached hydrogen (secondary N) is 2. The van der Waals surface area contributed by atoms with Crippen LogP contribution in [0.3, 0.4) is 0 Å². The van der Waals surface area contributed by atoms with Gasteiger partial charge in [-0.3, -0.25) is 14.3 Å². The van der Waals surface area contributed by atoms with E-state index in [1.807, 2.05) is 26.2 Å². The molecule has 2 amide bonds. The Morgan fingerprint density at radius 2 is 1.77 bits per heavy atom. The Morgan fingerprint density at radius 1 is 1.03 bits per heavy atom. The van der Waals surface area contributed by atoms with Gasteiger partial charge in [-0.05, 0) is 31.2 Å². The minimum atomic E-state index is -0.322. The zero-order chi connectivity index (χ0) is 21.7. The van der Waals surface area contributed by atoms with E-state index in [-0.39, 0.29) is 17.9 Å². The Bertz CT molecular complexity index is 1050. The quantitative estimate of drug-likeness (QED) is 0.626. The first kappa shape index (κ1) is 20.9. The van der Waals surface area contributed by atoms with Gasteiger partial charge in [-0.25, -0.2) is 0 Å². The lowest BCUT2D eigenvalue weighted by atomic mass is 10.1. The van der Waals surface area contributed by atoms with Crippen molar-refractivity contribution in [3.63, 3.8) is 0 Å². The van der Waals surface area contributed by atoms with E-state index < -0.39 is 0 Å². The zero-order valence-corrected chi connectivity index (χ0v) is 17.3. The van der Waals surface area contributed by atoms with Gasteiger partial charge in [0.25, 0.3) is 11.8 Å². The number of aryl methyl sites for hydroxylation is 1. The molecule has 30 heavy (non-hydrogen) atoms. The molecular formula is C22H24N4O4. The van der Waals surface area contributed by atoms with Crippen molar-refractivity contribution in [3.8, 4) is 11.5 Å². The topological polar surface area (TPSA) is 94.5 Å². The molecule has 0 aliphatic heterocycles. The second-order valence-corrected chi connectivity index (χ2v) is 6.72.